The summed E-state index contributed by atoms with van der Waals surface area (Å²) in [7, 11) is 0. The highest BCUT2D eigenvalue weighted by Crippen LogP contribution is 2.43. The van der Waals surface area contributed by atoms with Crippen LogP contribution in [0.15, 0.2) is 24.5 Å². The molecule has 1 aromatic carbocycles. The van der Waals surface area contributed by atoms with Crippen LogP contribution in [0.4, 0.5) is 30.5 Å². The van der Waals surface area contributed by atoms with Crippen LogP contribution < -0.4 is 15.1 Å². The molecule has 0 radical (unpaired) electrons. The van der Waals surface area contributed by atoms with E-state index in [4.69, 9.17) is 14.7 Å². The van der Waals surface area contributed by atoms with E-state index in [2.05, 4.69) is 10.3 Å². The first kappa shape index (κ1) is 21.4. The first-order chi connectivity index (χ1) is 16.4. The average molecular weight is 475 g/mol. The van der Waals surface area contributed by atoms with Crippen LogP contribution in [-0.2, 0) is 4.74 Å². The van der Waals surface area contributed by atoms with E-state index in [0.717, 1.165) is 0 Å². The zero-order valence-electron chi connectivity index (χ0n) is 18.3. The summed E-state index contributed by atoms with van der Waals surface area (Å²) >= 11 is 0. The third-order valence-corrected chi connectivity index (χ3v) is 6.74. The summed E-state index contributed by atoms with van der Waals surface area (Å²) < 4.78 is 48.8. The second kappa shape index (κ2) is 7.98. The number of hydrogen-bond donors (Lipinski definition) is 2. The van der Waals surface area contributed by atoms with Crippen molar-refractivity contribution < 1.29 is 23.0 Å². The number of aliphatic hydroxyl groups is 1. The molecular weight excluding hydrogens is 451 g/mol. The SMILES string of the molecule is OC1Nc2c(N3CCC(F)(F)CC3)nc(-n3cnc4ccc(F)cc43)nc2N1C1CCOCC1. The molecule has 0 spiro atoms. The fraction of sp³-hybridized carbons (Fsp3) is 0.500. The standard InChI is InChI=1S/C22H24F3N7O2/c23-13-1-2-15-16(11-13)31(12-26-15)20-28-18(30-7-5-22(24,25)6-8-30)17-19(29-20)32(21(33)27-17)14-3-9-34-10-4-14/h1-2,11-12,14,21,27,33H,3-10H2. The van der Waals surface area contributed by atoms with Crippen molar-refractivity contribution in [2.45, 2.75) is 44.0 Å². The smallest absolute Gasteiger partial charge is 0.251 e. The second-order valence-electron chi connectivity index (χ2n) is 8.91. The predicted molar refractivity (Wildman–Crippen MR) is 119 cm³/mol. The van der Waals surface area contributed by atoms with E-state index in [1.807, 2.05) is 0 Å². The van der Waals surface area contributed by atoms with Crippen molar-refractivity contribution in [2.75, 3.05) is 41.4 Å². The number of aliphatic hydroxyl groups excluding tert-OH is 1. The number of anilines is 3. The number of fused-ring (bicyclic) bond motifs is 2. The average Bonchev–Trinajstić information content (AvgIpc) is 3.39. The summed E-state index contributed by atoms with van der Waals surface area (Å²) in [6.45, 7) is 1.37. The van der Waals surface area contributed by atoms with Gasteiger partial charge in [0, 0.05) is 51.3 Å². The van der Waals surface area contributed by atoms with Gasteiger partial charge in [-0.15, -0.1) is 0 Å². The van der Waals surface area contributed by atoms with Gasteiger partial charge in [-0.25, -0.2) is 18.2 Å². The van der Waals surface area contributed by atoms with Crippen LogP contribution in [0.3, 0.4) is 0 Å². The molecule has 0 amide bonds. The topological polar surface area (TPSA) is 91.6 Å². The molecule has 1 unspecified atom stereocenters. The van der Waals surface area contributed by atoms with Crippen LogP contribution in [0, 0.1) is 5.82 Å². The monoisotopic (exact) mass is 475 g/mol. The van der Waals surface area contributed by atoms with Crippen molar-refractivity contribution in [3.63, 3.8) is 0 Å². The molecule has 3 aromatic rings. The number of nitrogens with zero attached hydrogens (tertiary/aromatic N) is 6. The second-order valence-corrected chi connectivity index (χ2v) is 8.91. The van der Waals surface area contributed by atoms with Crippen LogP contribution in [0.2, 0.25) is 0 Å². The van der Waals surface area contributed by atoms with Gasteiger partial charge in [-0.05, 0) is 25.0 Å². The summed E-state index contributed by atoms with van der Waals surface area (Å²) in [4.78, 5) is 17.3. The Bertz CT molecular complexity index is 1220. The third-order valence-electron chi connectivity index (χ3n) is 6.74. The highest BCUT2D eigenvalue weighted by Gasteiger charge is 2.41. The Morgan fingerprint density at radius 2 is 1.82 bits per heavy atom. The molecule has 0 bridgehead atoms. The molecule has 1 atom stereocenters. The molecule has 9 nitrogen and oxygen atoms in total. The van der Waals surface area contributed by atoms with Crippen LogP contribution in [0.1, 0.15) is 25.7 Å². The molecule has 6 rings (SSSR count). The lowest BCUT2D eigenvalue weighted by molar-refractivity contribution is -0.0221. The molecule has 3 aliphatic rings. The molecule has 12 heteroatoms. The number of rotatable bonds is 3. The number of alkyl halides is 2. The lowest BCUT2D eigenvalue weighted by atomic mass is 10.1. The highest BCUT2D eigenvalue weighted by atomic mass is 19.3. The zero-order chi connectivity index (χ0) is 23.4. The molecule has 2 N–H and O–H groups in total. The van der Waals surface area contributed by atoms with E-state index in [0.29, 0.717) is 54.4 Å². The van der Waals surface area contributed by atoms with Crippen molar-refractivity contribution in [2.24, 2.45) is 0 Å². The number of imidazole rings is 1. The number of benzene rings is 1. The number of hydrogen-bond acceptors (Lipinski definition) is 8. The van der Waals surface area contributed by atoms with Gasteiger partial charge in [0.2, 0.25) is 12.3 Å². The Morgan fingerprint density at radius 1 is 1.09 bits per heavy atom. The Labute approximate surface area is 193 Å². The van der Waals surface area contributed by atoms with Crippen molar-refractivity contribution >= 4 is 28.4 Å². The van der Waals surface area contributed by atoms with Crippen LogP contribution in [0.5, 0.6) is 0 Å². The lowest BCUT2D eigenvalue weighted by Gasteiger charge is -2.34. The van der Waals surface area contributed by atoms with Crippen molar-refractivity contribution in [1.82, 2.24) is 19.5 Å². The summed E-state index contributed by atoms with van der Waals surface area (Å²) in [5.74, 6) is -1.99. The van der Waals surface area contributed by atoms with E-state index in [1.54, 1.807) is 20.4 Å². The van der Waals surface area contributed by atoms with Crippen molar-refractivity contribution in [1.29, 1.82) is 0 Å². The normalized spacial score (nSPS) is 22.8. The molecule has 0 saturated carbocycles. The molecular formula is C22H24F3N7O2. The largest absolute Gasteiger partial charge is 0.381 e. The minimum absolute atomic E-state index is 0.0178. The van der Waals surface area contributed by atoms with Gasteiger partial charge in [0.25, 0.3) is 5.92 Å². The van der Waals surface area contributed by atoms with Gasteiger partial charge in [0.05, 0.1) is 11.0 Å². The minimum Gasteiger partial charge on any atom is -0.381 e. The van der Waals surface area contributed by atoms with Crippen molar-refractivity contribution in [3.8, 4) is 5.95 Å². The van der Waals surface area contributed by atoms with Gasteiger partial charge in [-0.3, -0.25) is 4.57 Å². The Hall–Kier alpha value is -3.12. The van der Waals surface area contributed by atoms with Crippen LogP contribution in [-0.4, -0.2) is 69.2 Å². The maximum Gasteiger partial charge on any atom is 0.251 e. The van der Waals surface area contributed by atoms with Crippen molar-refractivity contribution in [3.05, 3.63) is 30.3 Å². The van der Waals surface area contributed by atoms with Gasteiger partial charge in [-0.2, -0.15) is 9.97 Å². The first-order valence-corrected chi connectivity index (χ1v) is 11.4. The first-order valence-electron chi connectivity index (χ1n) is 11.4. The number of aromatic nitrogens is 4. The maximum atomic E-state index is 14.0. The fourth-order valence-corrected chi connectivity index (χ4v) is 4.92. The molecule has 34 heavy (non-hydrogen) atoms. The van der Waals surface area contributed by atoms with Gasteiger partial charge >= 0.3 is 0 Å². The Balaban J connectivity index is 1.49. The van der Waals surface area contributed by atoms with E-state index in [1.165, 1.54) is 18.5 Å². The van der Waals surface area contributed by atoms with E-state index in [9.17, 15) is 18.3 Å². The number of halogens is 3. The van der Waals surface area contributed by atoms with Gasteiger partial charge in [0.15, 0.2) is 11.6 Å². The summed E-state index contributed by atoms with van der Waals surface area (Å²) in [6.07, 6.45) is 1.32. The van der Waals surface area contributed by atoms with E-state index in [-0.39, 0.29) is 37.9 Å². The zero-order valence-corrected chi connectivity index (χ0v) is 18.3. The Kier molecular flexibility index (Phi) is 5.03. The van der Waals surface area contributed by atoms with Gasteiger partial charge in [0.1, 0.15) is 17.8 Å². The molecule has 2 fully saturated rings. The molecule has 2 saturated heterocycles. The summed E-state index contributed by atoms with van der Waals surface area (Å²) in [5.41, 5.74) is 1.56. The number of piperidine rings is 1. The highest BCUT2D eigenvalue weighted by molar-refractivity contribution is 5.84. The molecule has 0 aliphatic carbocycles. The quantitative estimate of drug-likeness (QED) is 0.598. The van der Waals surface area contributed by atoms with Crippen LogP contribution >= 0.6 is 0 Å². The maximum absolute atomic E-state index is 14.0. The third kappa shape index (κ3) is 3.61. The lowest BCUT2D eigenvalue weighted by Crippen LogP contribution is -2.46. The minimum atomic E-state index is -2.71. The molecule has 5 heterocycles. The van der Waals surface area contributed by atoms with Gasteiger partial charge in [-0.1, -0.05) is 0 Å². The summed E-state index contributed by atoms with van der Waals surface area (Å²) in [6, 6.07) is 4.23. The fourth-order valence-electron chi connectivity index (χ4n) is 4.92. The summed E-state index contributed by atoms with van der Waals surface area (Å²) in [5, 5.41) is 13.9. The Morgan fingerprint density at radius 3 is 2.59 bits per heavy atom. The molecule has 3 aliphatic heterocycles. The van der Waals surface area contributed by atoms with Crippen LogP contribution in [0.25, 0.3) is 17.0 Å². The number of ether oxygens (including phenoxy) is 1. The van der Waals surface area contributed by atoms with E-state index < -0.39 is 18.1 Å². The number of nitrogens with one attached hydrogen (secondary N) is 1. The molecule has 2 aromatic heterocycles. The molecule has 180 valence electrons. The van der Waals surface area contributed by atoms with Gasteiger partial charge < -0.3 is 25.0 Å². The van der Waals surface area contributed by atoms with E-state index >= 15 is 0 Å². The predicted octanol–water partition coefficient (Wildman–Crippen LogP) is 2.88.